The lowest BCUT2D eigenvalue weighted by atomic mass is 9.71. The Bertz CT molecular complexity index is 848. The molecule has 0 unspecified atom stereocenters. The highest BCUT2D eigenvalue weighted by atomic mass is 16.5. The van der Waals surface area contributed by atoms with Gasteiger partial charge in [0.1, 0.15) is 11.4 Å². The van der Waals surface area contributed by atoms with Crippen molar-refractivity contribution in [2.75, 3.05) is 26.7 Å². The second-order valence-electron chi connectivity index (χ2n) is 7.59. The highest BCUT2D eigenvalue weighted by Gasteiger charge is 2.53. The molecule has 2 aromatic rings. The predicted octanol–water partition coefficient (Wildman–Crippen LogP) is 2.30. The topological polar surface area (TPSA) is 54.8 Å². The molecule has 1 spiro atoms. The summed E-state index contributed by atoms with van der Waals surface area (Å²) in [5, 5.41) is 0. The van der Waals surface area contributed by atoms with Crippen molar-refractivity contribution in [1.82, 2.24) is 14.4 Å². The van der Waals surface area contributed by atoms with Gasteiger partial charge in [0, 0.05) is 39.4 Å². The zero-order chi connectivity index (χ0) is 19.0. The third-order valence-corrected chi connectivity index (χ3v) is 5.94. The van der Waals surface area contributed by atoms with Crippen molar-refractivity contribution in [2.24, 2.45) is 12.5 Å². The Hall–Kier alpha value is -2.76. The van der Waals surface area contributed by atoms with E-state index in [-0.39, 0.29) is 17.2 Å². The average molecular weight is 367 g/mol. The van der Waals surface area contributed by atoms with Crippen molar-refractivity contribution in [1.29, 1.82) is 0 Å². The fourth-order valence-electron chi connectivity index (χ4n) is 4.18. The van der Waals surface area contributed by atoms with E-state index in [1.54, 1.807) is 7.11 Å². The van der Waals surface area contributed by atoms with E-state index in [2.05, 4.69) is 0 Å². The molecule has 3 heterocycles. The first-order valence-corrected chi connectivity index (χ1v) is 9.35. The molecule has 0 aliphatic carbocycles. The van der Waals surface area contributed by atoms with Crippen LogP contribution in [0.25, 0.3) is 0 Å². The second kappa shape index (κ2) is 6.76. The van der Waals surface area contributed by atoms with Crippen LogP contribution in [0.1, 0.15) is 28.9 Å². The minimum Gasteiger partial charge on any atom is -0.497 e. The normalized spacial score (nSPS) is 18.5. The molecular weight excluding hydrogens is 342 g/mol. The molecule has 0 saturated carbocycles. The monoisotopic (exact) mass is 367 g/mol. The summed E-state index contributed by atoms with van der Waals surface area (Å²) in [5.41, 5.74) is 1.54. The second-order valence-corrected chi connectivity index (χ2v) is 7.59. The molecule has 0 radical (unpaired) electrons. The lowest BCUT2D eigenvalue weighted by Gasteiger charge is -2.52. The first-order valence-electron chi connectivity index (χ1n) is 9.35. The molecule has 6 nitrogen and oxygen atoms in total. The van der Waals surface area contributed by atoms with Crippen LogP contribution in [0.2, 0.25) is 0 Å². The van der Waals surface area contributed by atoms with Crippen LogP contribution in [-0.2, 0) is 18.4 Å². The fourth-order valence-corrected chi connectivity index (χ4v) is 4.18. The van der Waals surface area contributed by atoms with E-state index < -0.39 is 0 Å². The number of β-lactam (4-membered cyclic amide) rings is 1. The van der Waals surface area contributed by atoms with E-state index in [1.807, 2.05) is 64.0 Å². The van der Waals surface area contributed by atoms with Crippen LogP contribution in [0.4, 0.5) is 0 Å². The lowest BCUT2D eigenvalue weighted by Crippen LogP contribution is -2.64. The number of benzene rings is 1. The van der Waals surface area contributed by atoms with Crippen molar-refractivity contribution in [3.63, 3.8) is 0 Å². The number of hydrogen-bond acceptors (Lipinski definition) is 3. The number of likely N-dealkylation sites (tertiary alicyclic amines) is 2. The van der Waals surface area contributed by atoms with Crippen LogP contribution < -0.4 is 4.74 Å². The van der Waals surface area contributed by atoms with E-state index in [0.717, 1.165) is 30.7 Å². The Morgan fingerprint density at radius 3 is 2.41 bits per heavy atom. The summed E-state index contributed by atoms with van der Waals surface area (Å²) in [6.45, 7) is 2.71. The SMILES string of the molecule is COc1ccc(CN2CC3(CCN(C(=O)c4cccn4C)CC3)C2=O)cc1. The van der Waals surface area contributed by atoms with Crippen LogP contribution in [0.3, 0.4) is 0 Å². The number of nitrogens with zero attached hydrogens (tertiary/aromatic N) is 3. The van der Waals surface area contributed by atoms with Gasteiger partial charge in [-0.15, -0.1) is 0 Å². The maximum atomic E-state index is 12.8. The van der Waals surface area contributed by atoms with Gasteiger partial charge in [-0.3, -0.25) is 9.59 Å². The summed E-state index contributed by atoms with van der Waals surface area (Å²) in [5.74, 6) is 1.10. The molecule has 27 heavy (non-hydrogen) atoms. The summed E-state index contributed by atoms with van der Waals surface area (Å²) < 4.78 is 7.02. The Labute approximate surface area is 159 Å². The number of ether oxygens (including phenoxy) is 1. The zero-order valence-electron chi connectivity index (χ0n) is 15.9. The minimum absolute atomic E-state index is 0.0548. The summed E-state index contributed by atoms with van der Waals surface area (Å²) in [4.78, 5) is 29.2. The predicted molar refractivity (Wildman–Crippen MR) is 101 cm³/mol. The van der Waals surface area contributed by atoms with E-state index >= 15 is 0 Å². The third-order valence-electron chi connectivity index (χ3n) is 5.94. The number of carbonyl (C=O) groups excluding carboxylic acids is 2. The Balaban J connectivity index is 1.33. The molecule has 6 heteroatoms. The maximum Gasteiger partial charge on any atom is 0.270 e. The van der Waals surface area contributed by atoms with E-state index in [9.17, 15) is 9.59 Å². The molecule has 0 atom stereocenters. The Kier molecular flexibility index (Phi) is 4.42. The number of aromatic nitrogens is 1. The van der Waals surface area contributed by atoms with Gasteiger partial charge >= 0.3 is 0 Å². The fraction of sp³-hybridized carbons (Fsp3) is 0.429. The number of methoxy groups -OCH3 is 1. The number of amides is 2. The molecule has 0 bridgehead atoms. The Morgan fingerprint density at radius 1 is 1.15 bits per heavy atom. The lowest BCUT2D eigenvalue weighted by molar-refractivity contribution is -0.165. The van der Waals surface area contributed by atoms with Gasteiger partial charge in [0.15, 0.2) is 0 Å². The van der Waals surface area contributed by atoms with Crippen LogP contribution in [0.15, 0.2) is 42.6 Å². The molecule has 2 aliphatic heterocycles. The summed E-state index contributed by atoms with van der Waals surface area (Å²) in [7, 11) is 3.53. The van der Waals surface area contributed by atoms with E-state index in [4.69, 9.17) is 4.74 Å². The van der Waals surface area contributed by atoms with Gasteiger partial charge in [0.05, 0.1) is 12.5 Å². The molecule has 2 fully saturated rings. The van der Waals surface area contributed by atoms with Gasteiger partial charge < -0.3 is 19.1 Å². The largest absolute Gasteiger partial charge is 0.497 e. The summed E-state index contributed by atoms with van der Waals surface area (Å²) in [6.07, 6.45) is 3.38. The summed E-state index contributed by atoms with van der Waals surface area (Å²) in [6, 6.07) is 11.6. The van der Waals surface area contributed by atoms with Crippen molar-refractivity contribution in [3.8, 4) is 5.75 Å². The highest BCUT2D eigenvalue weighted by Crippen LogP contribution is 2.42. The molecule has 1 aromatic carbocycles. The molecule has 142 valence electrons. The quantitative estimate of drug-likeness (QED) is 0.779. The molecule has 1 aromatic heterocycles. The number of piperidine rings is 1. The van der Waals surface area contributed by atoms with Crippen molar-refractivity contribution in [3.05, 3.63) is 53.9 Å². The molecule has 2 amide bonds. The number of carbonyl (C=O) groups is 2. The molecule has 2 saturated heterocycles. The van der Waals surface area contributed by atoms with Gasteiger partial charge in [-0.1, -0.05) is 12.1 Å². The van der Waals surface area contributed by atoms with Crippen molar-refractivity contribution in [2.45, 2.75) is 19.4 Å². The van der Waals surface area contributed by atoms with Crippen LogP contribution in [0.5, 0.6) is 5.75 Å². The Morgan fingerprint density at radius 2 is 1.85 bits per heavy atom. The number of hydrogen-bond donors (Lipinski definition) is 0. The maximum absolute atomic E-state index is 12.8. The summed E-state index contributed by atoms with van der Waals surface area (Å²) >= 11 is 0. The third kappa shape index (κ3) is 3.09. The van der Waals surface area contributed by atoms with Gasteiger partial charge in [-0.25, -0.2) is 0 Å². The number of rotatable bonds is 4. The molecule has 4 rings (SSSR count). The smallest absolute Gasteiger partial charge is 0.270 e. The molecular formula is C21H25N3O3. The first kappa shape index (κ1) is 17.6. The van der Waals surface area contributed by atoms with Crippen LogP contribution in [0, 0.1) is 5.41 Å². The zero-order valence-corrected chi connectivity index (χ0v) is 15.9. The van der Waals surface area contributed by atoms with Crippen LogP contribution >= 0.6 is 0 Å². The van der Waals surface area contributed by atoms with Gasteiger partial charge in [-0.2, -0.15) is 0 Å². The van der Waals surface area contributed by atoms with E-state index in [1.165, 1.54) is 0 Å². The van der Waals surface area contributed by atoms with Crippen molar-refractivity contribution >= 4 is 11.8 Å². The minimum atomic E-state index is -0.266. The van der Waals surface area contributed by atoms with Crippen LogP contribution in [-0.4, -0.2) is 52.9 Å². The number of aryl methyl sites for hydroxylation is 1. The molecule has 2 aliphatic rings. The average Bonchev–Trinajstić information content (AvgIpc) is 3.13. The molecule has 0 N–H and O–H groups in total. The first-order chi connectivity index (χ1) is 13.0. The van der Waals surface area contributed by atoms with Gasteiger partial charge in [0.2, 0.25) is 5.91 Å². The van der Waals surface area contributed by atoms with E-state index in [0.29, 0.717) is 25.3 Å². The van der Waals surface area contributed by atoms with Gasteiger partial charge in [0.25, 0.3) is 5.91 Å². The van der Waals surface area contributed by atoms with Crippen molar-refractivity contribution < 1.29 is 14.3 Å². The highest BCUT2D eigenvalue weighted by molar-refractivity contribution is 5.93. The van der Waals surface area contributed by atoms with Gasteiger partial charge in [-0.05, 0) is 42.7 Å². The standard InChI is InChI=1S/C21H25N3O3/c1-22-11-3-4-18(22)19(25)23-12-9-21(10-13-23)15-24(20(21)26)14-16-5-7-17(27-2)8-6-16/h3-8,11H,9-10,12-15H2,1-2H3.